The number of rotatable bonds is 10. The van der Waals surface area contributed by atoms with Crippen LogP contribution < -0.4 is 0 Å². The molecule has 0 saturated heterocycles. The molecule has 0 fully saturated rings. The monoisotopic (exact) mass is 280 g/mol. The van der Waals surface area contributed by atoms with Crippen molar-refractivity contribution in [1.82, 2.24) is 0 Å². The molecule has 20 heavy (non-hydrogen) atoms. The molecule has 114 valence electrons. The average Bonchev–Trinajstić information content (AvgIpc) is 2.37. The van der Waals surface area contributed by atoms with E-state index >= 15 is 0 Å². The highest BCUT2D eigenvalue weighted by atomic mass is 19.1. The Morgan fingerprint density at radius 2 is 1.70 bits per heavy atom. The van der Waals surface area contributed by atoms with Gasteiger partial charge in [0.15, 0.2) is 0 Å². The van der Waals surface area contributed by atoms with Crippen molar-refractivity contribution in [2.75, 3.05) is 0 Å². The van der Waals surface area contributed by atoms with E-state index in [0.29, 0.717) is 6.42 Å². The Kier molecular flexibility index (Phi) is 7.83. The van der Waals surface area contributed by atoms with Gasteiger partial charge in [-0.3, -0.25) is 0 Å². The van der Waals surface area contributed by atoms with E-state index < -0.39 is 5.60 Å². The van der Waals surface area contributed by atoms with Crippen LogP contribution in [0.3, 0.4) is 0 Å². The molecule has 0 saturated carbocycles. The van der Waals surface area contributed by atoms with Crippen molar-refractivity contribution in [2.45, 2.75) is 77.2 Å². The van der Waals surface area contributed by atoms with E-state index in [1.165, 1.54) is 50.7 Å². The van der Waals surface area contributed by atoms with Crippen molar-refractivity contribution in [1.29, 1.82) is 0 Å². The van der Waals surface area contributed by atoms with Crippen LogP contribution in [0.2, 0.25) is 0 Å². The molecular formula is C18H29FO. The molecule has 0 amide bonds. The van der Waals surface area contributed by atoms with Gasteiger partial charge in [0, 0.05) is 6.42 Å². The molecule has 1 rings (SSSR count). The lowest BCUT2D eigenvalue weighted by molar-refractivity contribution is 0.0484. The van der Waals surface area contributed by atoms with Crippen LogP contribution >= 0.6 is 0 Å². The second-order valence-corrected chi connectivity index (χ2v) is 6.17. The van der Waals surface area contributed by atoms with Crippen LogP contribution in [0.4, 0.5) is 4.39 Å². The first-order valence-corrected chi connectivity index (χ1v) is 8.00. The summed E-state index contributed by atoms with van der Waals surface area (Å²) in [5, 5.41) is 10.4. The Hall–Kier alpha value is -0.890. The maximum Gasteiger partial charge on any atom is 0.123 e. The molecule has 0 aliphatic heterocycles. The van der Waals surface area contributed by atoms with Crippen LogP contribution in [0.15, 0.2) is 24.3 Å². The molecule has 2 heteroatoms. The van der Waals surface area contributed by atoms with Crippen LogP contribution in [0.1, 0.15) is 70.8 Å². The maximum atomic E-state index is 13.1. The third-order valence-electron chi connectivity index (χ3n) is 3.79. The van der Waals surface area contributed by atoms with Gasteiger partial charge < -0.3 is 5.11 Å². The highest BCUT2D eigenvalue weighted by molar-refractivity contribution is 5.18. The second-order valence-electron chi connectivity index (χ2n) is 6.17. The minimum atomic E-state index is -0.725. The summed E-state index contributed by atoms with van der Waals surface area (Å²) >= 11 is 0. The van der Waals surface area contributed by atoms with E-state index in [1.807, 2.05) is 13.0 Å². The van der Waals surface area contributed by atoms with Crippen molar-refractivity contribution < 1.29 is 9.50 Å². The summed E-state index contributed by atoms with van der Waals surface area (Å²) in [7, 11) is 0. The predicted octanol–water partition coefficient (Wildman–Crippen LogP) is 5.26. The summed E-state index contributed by atoms with van der Waals surface area (Å²) < 4.78 is 13.1. The van der Waals surface area contributed by atoms with Gasteiger partial charge in [0.25, 0.3) is 0 Å². The Morgan fingerprint density at radius 1 is 1.05 bits per heavy atom. The van der Waals surface area contributed by atoms with E-state index in [2.05, 4.69) is 6.92 Å². The largest absolute Gasteiger partial charge is 0.390 e. The van der Waals surface area contributed by atoms with Crippen LogP contribution in [0.5, 0.6) is 0 Å². The van der Waals surface area contributed by atoms with Gasteiger partial charge in [-0.25, -0.2) is 4.39 Å². The molecule has 1 N–H and O–H groups in total. The minimum absolute atomic E-state index is 0.228. The molecule has 0 radical (unpaired) electrons. The van der Waals surface area contributed by atoms with Gasteiger partial charge in [0.1, 0.15) is 5.82 Å². The summed E-state index contributed by atoms with van der Waals surface area (Å²) in [6.07, 6.45) is 10.1. The van der Waals surface area contributed by atoms with E-state index in [0.717, 1.165) is 18.4 Å². The third kappa shape index (κ3) is 7.64. The van der Waals surface area contributed by atoms with Crippen LogP contribution in [0.25, 0.3) is 0 Å². The fraction of sp³-hybridized carbons (Fsp3) is 0.667. The van der Waals surface area contributed by atoms with Crippen molar-refractivity contribution in [3.05, 3.63) is 35.6 Å². The molecule has 1 aromatic carbocycles. The molecule has 0 aromatic heterocycles. The molecular weight excluding hydrogens is 251 g/mol. The molecule has 0 aliphatic rings. The van der Waals surface area contributed by atoms with Gasteiger partial charge in [0.2, 0.25) is 0 Å². The second kappa shape index (κ2) is 9.12. The van der Waals surface area contributed by atoms with Gasteiger partial charge >= 0.3 is 0 Å². The Balaban J connectivity index is 2.21. The summed E-state index contributed by atoms with van der Waals surface area (Å²) in [5.74, 6) is -0.228. The summed E-state index contributed by atoms with van der Waals surface area (Å²) in [6.45, 7) is 4.08. The first kappa shape index (κ1) is 17.2. The zero-order chi connectivity index (χ0) is 14.8. The lowest BCUT2D eigenvalue weighted by atomic mass is 9.90. The number of unbranched alkanes of at least 4 members (excludes halogenated alkanes) is 6. The van der Waals surface area contributed by atoms with E-state index in [-0.39, 0.29) is 5.82 Å². The molecule has 1 nitrogen and oxygen atoms in total. The van der Waals surface area contributed by atoms with E-state index in [9.17, 15) is 9.50 Å². The zero-order valence-electron chi connectivity index (χ0n) is 13.0. The SMILES string of the molecule is CCCCCCCCCC(C)(O)Cc1cccc(F)c1. The van der Waals surface area contributed by atoms with Crippen molar-refractivity contribution in [3.63, 3.8) is 0 Å². The quantitative estimate of drug-likeness (QED) is 0.580. The van der Waals surface area contributed by atoms with Crippen LogP contribution in [-0.2, 0) is 6.42 Å². The molecule has 1 aromatic rings. The topological polar surface area (TPSA) is 20.2 Å². The van der Waals surface area contributed by atoms with Crippen LogP contribution in [-0.4, -0.2) is 10.7 Å². The fourth-order valence-corrected chi connectivity index (χ4v) is 2.64. The molecule has 0 bridgehead atoms. The van der Waals surface area contributed by atoms with E-state index in [4.69, 9.17) is 0 Å². The number of halogens is 1. The lowest BCUT2D eigenvalue weighted by Gasteiger charge is -2.23. The van der Waals surface area contributed by atoms with Gasteiger partial charge in [-0.15, -0.1) is 0 Å². The maximum absolute atomic E-state index is 13.1. The Labute approximate surface area is 123 Å². The van der Waals surface area contributed by atoms with Crippen molar-refractivity contribution in [3.8, 4) is 0 Å². The minimum Gasteiger partial charge on any atom is -0.390 e. The first-order chi connectivity index (χ1) is 9.53. The highest BCUT2D eigenvalue weighted by Crippen LogP contribution is 2.21. The zero-order valence-corrected chi connectivity index (χ0v) is 13.0. The number of hydrogen-bond donors (Lipinski definition) is 1. The summed E-state index contributed by atoms with van der Waals surface area (Å²) in [6, 6.07) is 6.53. The summed E-state index contributed by atoms with van der Waals surface area (Å²) in [4.78, 5) is 0. The predicted molar refractivity (Wildman–Crippen MR) is 83.3 cm³/mol. The standard InChI is InChI=1S/C18H29FO/c1-3-4-5-6-7-8-9-13-18(2,20)15-16-11-10-12-17(19)14-16/h10-12,14,20H,3-9,13,15H2,1-2H3. The van der Waals surface area contributed by atoms with Crippen molar-refractivity contribution in [2.24, 2.45) is 0 Å². The fourth-order valence-electron chi connectivity index (χ4n) is 2.64. The molecule has 1 atom stereocenters. The normalized spacial score (nSPS) is 14.2. The molecule has 0 spiro atoms. The average molecular weight is 280 g/mol. The summed E-state index contributed by atoms with van der Waals surface area (Å²) in [5.41, 5.74) is 0.148. The number of benzene rings is 1. The van der Waals surface area contributed by atoms with Crippen molar-refractivity contribution >= 4 is 0 Å². The third-order valence-corrected chi connectivity index (χ3v) is 3.79. The van der Waals surface area contributed by atoms with Gasteiger partial charge in [0.05, 0.1) is 5.60 Å². The first-order valence-electron chi connectivity index (χ1n) is 8.00. The Bertz CT molecular complexity index is 373. The Morgan fingerprint density at radius 3 is 2.35 bits per heavy atom. The molecule has 0 aliphatic carbocycles. The van der Waals surface area contributed by atoms with Gasteiger partial charge in [-0.05, 0) is 31.0 Å². The van der Waals surface area contributed by atoms with Crippen LogP contribution in [0, 0.1) is 5.82 Å². The van der Waals surface area contributed by atoms with Gasteiger partial charge in [-0.2, -0.15) is 0 Å². The molecule has 0 heterocycles. The van der Waals surface area contributed by atoms with Gasteiger partial charge in [-0.1, -0.05) is 64.0 Å². The molecule has 1 unspecified atom stereocenters. The highest BCUT2D eigenvalue weighted by Gasteiger charge is 2.20. The van der Waals surface area contributed by atoms with E-state index in [1.54, 1.807) is 6.07 Å². The lowest BCUT2D eigenvalue weighted by Crippen LogP contribution is -2.27. The number of hydrogen-bond acceptors (Lipinski definition) is 1. The number of aliphatic hydroxyl groups is 1. The smallest absolute Gasteiger partial charge is 0.123 e.